The zero-order chi connectivity index (χ0) is 18.8. The van der Waals surface area contributed by atoms with Gasteiger partial charge in [0.15, 0.2) is 0 Å². The summed E-state index contributed by atoms with van der Waals surface area (Å²) < 4.78 is 29.2. The van der Waals surface area contributed by atoms with Crippen LogP contribution in [0.15, 0.2) is 35.2 Å². The van der Waals surface area contributed by atoms with Gasteiger partial charge in [0, 0.05) is 6.61 Å². The Morgan fingerprint density at radius 2 is 1.12 bits per heavy atom. The van der Waals surface area contributed by atoms with Crippen LogP contribution in [-0.4, -0.2) is 24.7 Å². The first-order valence-electron chi connectivity index (χ1n) is 9.65. The topological polar surface area (TPSA) is 74.6 Å². The molecule has 4 nitrogen and oxygen atoms in total. The van der Waals surface area contributed by atoms with E-state index < -0.39 is 10.1 Å². The summed E-state index contributed by atoms with van der Waals surface area (Å²) in [5, 5.41) is 8.61. The summed E-state index contributed by atoms with van der Waals surface area (Å²) in [5.74, 6) is 0. The maximum atomic E-state index is 10.4. The minimum absolute atomic E-state index is 0.0741. The van der Waals surface area contributed by atoms with Gasteiger partial charge in [0.05, 0.1) is 4.90 Å². The summed E-state index contributed by atoms with van der Waals surface area (Å²) in [6.07, 6.45) is 16.2. The third-order valence-electron chi connectivity index (χ3n) is 4.05. The van der Waals surface area contributed by atoms with Crippen molar-refractivity contribution in [1.29, 1.82) is 0 Å². The molecule has 2 N–H and O–H groups in total. The highest BCUT2D eigenvalue weighted by Crippen LogP contribution is 2.11. The average molecular weight is 373 g/mol. The summed E-state index contributed by atoms with van der Waals surface area (Å²) in [6, 6.07) is 7.42. The highest BCUT2D eigenvalue weighted by molar-refractivity contribution is 7.85. The van der Waals surface area contributed by atoms with Gasteiger partial charge in [-0.05, 0) is 18.6 Å². The van der Waals surface area contributed by atoms with Crippen LogP contribution in [0.2, 0.25) is 0 Å². The van der Waals surface area contributed by atoms with Gasteiger partial charge in [-0.25, -0.2) is 0 Å². The number of aliphatic hydroxyl groups excluding tert-OH is 1. The lowest BCUT2D eigenvalue weighted by Gasteiger charge is -2.01. The van der Waals surface area contributed by atoms with Crippen LogP contribution in [0.25, 0.3) is 0 Å². The Balaban J connectivity index is 0.000000496. The van der Waals surface area contributed by atoms with Gasteiger partial charge < -0.3 is 5.11 Å². The van der Waals surface area contributed by atoms with Crippen molar-refractivity contribution in [1.82, 2.24) is 0 Å². The van der Waals surface area contributed by atoms with Crippen LogP contribution < -0.4 is 0 Å². The molecule has 0 radical (unpaired) electrons. The Hall–Kier alpha value is -0.910. The predicted octanol–water partition coefficient (Wildman–Crippen LogP) is 5.61. The zero-order valence-corrected chi connectivity index (χ0v) is 16.5. The Bertz CT molecular complexity index is 474. The van der Waals surface area contributed by atoms with Crippen LogP contribution in [0, 0.1) is 0 Å². The van der Waals surface area contributed by atoms with Crippen molar-refractivity contribution >= 4 is 10.1 Å². The Morgan fingerprint density at radius 3 is 1.44 bits per heavy atom. The SMILES string of the molecule is CCCCCCCCCCCCCCO.O=S(=O)(O)c1ccccc1. The van der Waals surface area contributed by atoms with Crippen molar-refractivity contribution in [2.24, 2.45) is 0 Å². The summed E-state index contributed by atoms with van der Waals surface area (Å²) >= 11 is 0. The van der Waals surface area contributed by atoms with Crippen LogP contribution in [0.5, 0.6) is 0 Å². The molecule has 0 spiro atoms. The first-order valence-corrected chi connectivity index (χ1v) is 11.1. The summed E-state index contributed by atoms with van der Waals surface area (Å²) in [6.45, 7) is 2.64. The van der Waals surface area contributed by atoms with E-state index in [0.29, 0.717) is 6.61 Å². The van der Waals surface area contributed by atoms with Crippen LogP contribution in [0.4, 0.5) is 0 Å². The number of hydrogen-bond donors (Lipinski definition) is 2. The molecule has 0 aliphatic heterocycles. The van der Waals surface area contributed by atoms with E-state index >= 15 is 0 Å². The second-order valence-corrected chi connectivity index (χ2v) is 7.82. The maximum absolute atomic E-state index is 10.4. The number of benzene rings is 1. The fourth-order valence-corrected chi connectivity index (χ4v) is 3.05. The van der Waals surface area contributed by atoms with Gasteiger partial charge >= 0.3 is 0 Å². The van der Waals surface area contributed by atoms with Crippen molar-refractivity contribution < 1.29 is 18.1 Å². The highest BCUT2D eigenvalue weighted by Gasteiger charge is 2.05. The summed E-state index contributed by atoms with van der Waals surface area (Å²) in [5.41, 5.74) is 0. The van der Waals surface area contributed by atoms with E-state index in [2.05, 4.69) is 6.92 Å². The molecule has 1 rings (SSSR count). The lowest BCUT2D eigenvalue weighted by Crippen LogP contribution is -1.96. The Labute approximate surface area is 154 Å². The number of hydrogen-bond acceptors (Lipinski definition) is 3. The molecule has 1 aromatic rings. The monoisotopic (exact) mass is 372 g/mol. The molecule has 0 fully saturated rings. The van der Waals surface area contributed by atoms with E-state index in [1.807, 2.05) is 0 Å². The minimum atomic E-state index is -4.00. The fourth-order valence-electron chi connectivity index (χ4n) is 2.55. The molecule has 0 aromatic heterocycles. The molecule has 0 amide bonds. The van der Waals surface area contributed by atoms with Gasteiger partial charge in [-0.1, -0.05) is 95.8 Å². The lowest BCUT2D eigenvalue weighted by molar-refractivity contribution is 0.282. The van der Waals surface area contributed by atoms with E-state index in [1.165, 1.54) is 82.8 Å². The van der Waals surface area contributed by atoms with Crippen molar-refractivity contribution in [3.8, 4) is 0 Å². The summed E-state index contributed by atoms with van der Waals surface area (Å²) in [7, 11) is -4.00. The first-order chi connectivity index (χ1) is 12.0. The quantitative estimate of drug-likeness (QED) is 0.348. The van der Waals surface area contributed by atoms with Gasteiger partial charge in [0.2, 0.25) is 0 Å². The first kappa shape index (κ1) is 24.1. The molecule has 0 aliphatic carbocycles. The molecule has 0 unspecified atom stereocenters. The maximum Gasteiger partial charge on any atom is 0.294 e. The zero-order valence-electron chi connectivity index (χ0n) is 15.7. The third kappa shape index (κ3) is 16.3. The number of aliphatic hydroxyl groups is 1. The molecule has 0 atom stereocenters. The Morgan fingerprint density at radius 1 is 0.720 bits per heavy atom. The highest BCUT2D eigenvalue weighted by atomic mass is 32.2. The molecule has 0 saturated heterocycles. The van der Waals surface area contributed by atoms with Gasteiger partial charge in [0.25, 0.3) is 10.1 Å². The smallest absolute Gasteiger partial charge is 0.294 e. The van der Waals surface area contributed by atoms with E-state index in [4.69, 9.17) is 9.66 Å². The predicted molar refractivity (Wildman–Crippen MR) is 104 cm³/mol. The molecule has 25 heavy (non-hydrogen) atoms. The molecule has 0 aliphatic rings. The summed E-state index contributed by atoms with van der Waals surface area (Å²) in [4.78, 5) is -0.0741. The van der Waals surface area contributed by atoms with Crippen LogP contribution in [0.3, 0.4) is 0 Å². The number of rotatable bonds is 13. The molecule has 5 heteroatoms. The molecular formula is C20H36O4S. The van der Waals surface area contributed by atoms with Gasteiger partial charge in [0.1, 0.15) is 0 Å². The van der Waals surface area contributed by atoms with Gasteiger partial charge in [-0.2, -0.15) is 8.42 Å². The van der Waals surface area contributed by atoms with E-state index in [9.17, 15) is 8.42 Å². The molecule has 0 saturated carbocycles. The standard InChI is InChI=1S/C14H30O.C6H6O3S/c1-2-3-4-5-6-7-8-9-10-11-12-13-14-15;7-10(8,9)6-4-2-1-3-5-6/h15H,2-14H2,1H3;1-5H,(H,7,8,9). The van der Waals surface area contributed by atoms with Crippen LogP contribution in [0.1, 0.15) is 84.0 Å². The van der Waals surface area contributed by atoms with Crippen LogP contribution in [-0.2, 0) is 10.1 Å². The fraction of sp³-hybridized carbons (Fsp3) is 0.700. The molecule has 1 aromatic carbocycles. The lowest BCUT2D eigenvalue weighted by atomic mass is 10.1. The molecular weight excluding hydrogens is 336 g/mol. The molecule has 0 heterocycles. The van der Waals surface area contributed by atoms with E-state index in [-0.39, 0.29) is 4.90 Å². The van der Waals surface area contributed by atoms with Crippen molar-refractivity contribution in [3.05, 3.63) is 30.3 Å². The van der Waals surface area contributed by atoms with Gasteiger partial charge in [-0.3, -0.25) is 4.55 Å². The second kappa shape index (κ2) is 16.6. The second-order valence-electron chi connectivity index (χ2n) is 6.40. The van der Waals surface area contributed by atoms with Gasteiger partial charge in [-0.15, -0.1) is 0 Å². The Kier molecular flexibility index (Phi) is 16.0. The normalized spacial score (nSPS) is 11.0. The largest absolute Gasteiger partial charge is 0.396 e. The third-order valence-corrected chi connectivity index (χ3v) is 4.92. The van der Waals surface area contributed by atoms with Crippen LogP contribution >= 0.6 is 0 Å². The molecule has 0 bridgehead atoms. The number of unbranched alkanes of at least 4 members (excludes halogenated alkanes) is 11. The van der Waals surface area contributed by atoms with E-state index in [0.717, 1.165) is 6.42 Å². The van der Waals surface area contributed by atoms with Crippen molar-refractivity contribution in [3.63, 3.8) is 0 Å². The van der Waals surface area contributed by atoms with Crippen molar-refractivity contribution in [2.45, 2.75) is 88.9 Å². The average Bonchev–Trinajstić information content (AvgIpc) is 2.60. The minimum Gasteiger partial charge on any atom is -0.396 e. The molecule has 146 valence electrons. The van der Waals surface area contributed by atoms with Crippen molar-refractivity contribution in [2.75, 3.05) is 6.61 Å². The van der Waals surface area contributed by atoms with E-state index in [1.54, 1.807) is 18.2 Å².